The highest BCUT2D eigenvalue weighted by Gasteiger charge is 2.21. The van der Waals surface area contributed by atoms with Gasteiger partial charge in [0, 0.05) is 12.8 Å². The maximum absolute atomic E-state index is 12.7. The van der Waals surface area contributed by atoms with Crippen LogP contribution in [0.5, 0.6) is 0 Å². The maximum Gasteiger partial charge on any atom is 0.513 e. The van der Waals surface area contributed by atoms with Gasteiger partial charge in [-0.2, -0.15) is 0 Å². The summed E-state index contributed by atoms with van der Waals surface area (Å²) in [5.74, 6) is 0. The van der Waals surface area contributed by atoms with Gasteiger partial charge < -0.3 is 9.47 Å². The minimum absolute atomic E-state index is 0.661. The lowest BCUT2D eigenvalue weighted by Gasteiger charge is -2.13. The van der Waals surface area contributed by atoms with Crippen LogP contribution in [-0.2, 0) is 9.47 Å². The molecule has 0 aliphatic heterocycles. The fraction of sp³-hybridized carbons (Fsp3) is 0.889. The van der Waals surface area contributed by atoms with E-state index in [9.17, 15) is 22.4 Å². The topological polar surface area (TPSA) is 35.5 Å². The van der Waals surface area contributed by atoms with Crippen molar-refractivity contribution in [2.45, 2.75) is 51.7 Å². The Hall–Kier alpha value is -1.01. The number of ether oxygens (including phenoxy) is 2. The third kappa shape index (κ3) is 8.31. The third-order valence-corrected chi connectivity index (χ3v) is 1.47. The summed E-state index contributed by atoms with van der Waals surface area (Å²) in [4.78, 5) is 10.7. The number of carbonyl (C=O) groups is 1. The lowest BCUT2D eigenvalue weighted by Crippen LogP contribution is -2.22. The predicted octanol–water partition coefficient (Wildman–Crippen LogP) is 3.23. The van der Waals surface area contributed by atoms with Gasteiger partial charge in [-0.05, 0) is 13.8 Å². The molecule has 0 N–H and O–H groups in total. The molecule has 0 saturated carbocycles. The summed E-state index contributed by atoms with van der Waals surface area (Å²) in [5, 5.41) is 0. The van der Waals surface area contributed by atoms with Gasteiger partial charge in [0.15, 0.2) is 0 Å². The smallest absolute Gasteiger partial charge is 0.400 e. The van der Waals surface area contributed by atoms with E-state index >= 15 is 0 Å². The Kier molecular flexibility index (Phi) is 6.83. The lowest BCUT2D eigenvalue weighted by molar-refractivity contribution is -0.0855. The van der Waals surface area contributed by atoms with Crippen LogP contribution in [0.25, 0.3) is 0 Å². The second-order valence-corrected chi connectivity index (χ2v) is 3.34. The van der Waals surface area contributed by atoms with Gasteiger partial charge in [-0.3, -0.25) is 0 Å². The van der Waals surface area contributed by atoms with E-state index in [1.807, 2.05) is 0 Å². The molecule has 0 aliphatic rings. The van der Waals surface area contributed by atoms with E-state index in [0.29, 0.717) is 0 Å². The molecule has 96 valence electrons. The minimum atomic E-state index is -2.21. The van der Waals surface area contributed by atoms with Crippen LogP contribution in [0, 0.1) is 0 Å². The Balaban J connectivity index is 3.80. The first kappa shape index (κ1) is 15.0. The molecule has 0 bridgehead atoms. The monoisotopic (exact) mass is 246 g/mol. The van der Waals surface area contributed by atoms with Gasteiger partial charge in [0.2, 0.25) is 12.7 Å². The molecule has 0 aliphatic carbocycles. The van der Waals surface area contributed by atoms with Crippen LogP contribution in [-0.4, -0.2) is 31.2 Å². The SMILES string of the molecule is CC(F)CC(F)OC(=O)OC(F)CC(C)F. The molecule has 16 heavy (non-hydrogen) atoms. The molecule has 0 heterocycles. The van der Waals surface area contributed by atoms with E-state index in [4.69, 9.17) is 0 Å². The van der Waals surface area contributed by atoms with Crippen molar-refractivity contribution < 1.29 is 31.8 Å². The quantitative estimate of drug-likeness (QED) is 0.533. The van der Waals surface area contributed by atoms with Crippen LogP contribution in [0.2, 0.25) is 0 Å². The molecule has 4 atom stereocenters. The zero-order valence-electron chi connectivity index (χ0n) is 8.96. The molecule has 0 amide bonds. The molecule has 0 radical (unpaired) electrons. The molecule has 4 unspecified atom stereocenters. The van der Waals surface area contributed by atoms with Gasteiger partial charge in [0.25, 0.3) is 0 Å². The normalized spacial score (nSPS) is 18.4. The first-order chi connectivity index (χ1) is 7.31. The van der Waals surface area contributed by atoms with Crippen molar-refractivity contribution in [1.82, 2.24) is 0 Å². The molecule has 0 rings (SSSR count). The first-order valence-corrected chi connectivity index (χ1v) is 4.74. The maximum atomic E-state index is 12.7. The average Bonchev–Trinajstić information content (AvgIpc) is 1.97. The van der Waals surface area contributed by atoms with Crippen LogP contribution in [0.4, 0.5) is 22.4 Å². The van der Waals surface area contributed by atoms with Gasteiger partial charge >= 0.3 is 6.16 Å². The van der Waals surface area contributed by atoms with Crippen molar-refractivity contribution in [3.05, 3.63) is 0 Å². The first-order valence-electron chi connectivity index (χ1n) is 4.74. The zero-order valence-corrected chi connectivity index (χ0v) is 8.96. The van der Waals surface area contributed by atoms with Crippen LogP contribution in [0.15, 0.2) is 0 Å². The Morgan fingerprint density at radius 1 is 0.938 bits per heavy atom. The molecule has 0 fully saturated rings. The van der Waals surface area contributed by atoms with Gasteiger partial charge in [-0.15, -0.1) is 0 Å². The number of hydrogen-bond donors (Lipinski definition) is 0. The van der Waals surface area contributed by atoms with E-state index < -0.39 is 44.1 Å². The minimum Gasteiger partial charge on any atom is -0.400 e. The molecule has 0 aromatic rings. The molecular formula is C9H14F4O3. The Morgan fingerprint density at radius 2 is 1.25 bits per heavy atom. The van der Waals surface area contributed by atoms with Crippen molar-refractivity contribution >= 4 is 6.16 Å². The molecule has 7 heteroatoms. The predicted molar refractivity (Wildman–Crippen MR) is 47.7 cm³/mol. The van der Waals surface area contributed by atoms with Crippen LogP contribution >= 0.6 is 0 Å². The number of carbonyl (C=O) groups excluding carboxylic acids is 1. The van der Waals surface area contributed by atoms with E-state index in [2.05, 4.69) is 9.47 Å². The summed E-state index contributed by atoms with van der Waals surface area (Å²) in [5.41, 5.74) is 0. The van der Waals surface area contributed by atoms with Crippen molar-refractivity contribution in [3.8, 4) is 0 Å². The number of halogens is 4. The third-order valence-electron chi connectivity index (χ3n) is 1.47. The van der Waals surface area contributed by atoms with Crippen LogP contribution in [0.3, 0.4) is 0 Å². The summed E-state index contributed by atoms with van der Waals surface area (Å²) in [6.45, 7) is 2.15. The highest BCUT2D eigenvalue weighted by atomic mass is 19.2. The van der Waals surface area contributed by atoms with Crippen molar-refractivity contribution in [1.29, 1.82) is 0 Å². The van der Waals surface area contributed by atoms with Crippen LogP contribution < -0.4 is 0 Å². The molecule has 0 aromatic heterocycles. The summed E-state index contributed by atoms with van der Waals surface area (Å²) >= 11 is 0. The van der Waals surface area contributed by atoms with Gasteiger partial charge in [0.05, 0.1) is 0 Å². The molecule has 0 saturated heterocycles. The Bertz CT molecular complexity index is 191. The molecule has 3 nitrogen and oxygen atoms in total. The highest BCUT2D eigenvalue weighted by molar-refractivity contribution is 5.60. The van der Waals surface area contributed by atoms with E-state index in [-0.39, 0.29) is 0 Å². The average molecular weight is 246 g/mol. The number of hydrogen-bond acceptors (Lipinski definition) is 3. The Morgan fingerprint density at radius 3 is 1.50 bits per heavy atom. The molecule has 0 aromatic carbocycles. The summed E-state index contributed by atoms with van der Waals surface area (Å²) < 4.78 is 57.6. The fourth-order valence-corrected chi connectivity index (χ4v) is 0.844. The Labute approximate surface area is 90.7 Å². The summed E-state index contributed by atoms with van der Waals surface area (Å²) in [7, 11) is 0. The van der Waals surface area contributed by atoms with Gasteiger partial charge in [-0.1, -0.05) is 0 Å². The van der Waals surface area contributed by atoms with Crippen molar-refractivity contribution in [3.63, 3.8) is 0 Å². The van der Waals surface area contributed by atoms with E-state index in [0.717, 1.165) is 13.8 Å². The fourth-order valence-electron chi connectivity index (χ4n) is 0.844. The number of alkyl halides is 4. The zero-order chi connectivity index (χ0) is 12.7. The highest BCUT2D eigenvalue weighted by Crippen LogP contribution is 2.11. The second-order valence-electron chi connectivity index (χ2n) is 3.34. The number of rotatable bonds is 6. The second kappa shape index (κ2) is 7.29. The van der Waals surface area contributed by atoms with E-state index in [1.165, 1.54) is 0 Å². The van der Waals surface area contributed by atoms with Gasteiger partial charge in [-0.25, -0.2) is 22.4 Å². The van der Waals surface area contributed by atoms with E-state index in [1.54, 1.807) is 0 Å². The summed E-state index contributed by atoms with van der Waals surface area (Å²) in [6, 6.07) is 0. The standard InChI is InChI=1S/C9H14F4O3/c1-5(10)3-7(12)15-9(14)16-8(13)4-6(2)11/h5-8H,3-4H2,1-2H3. The molecular weight excluding hydrogens is 232 g/mol. The van der Waals surface area contributed by atoms with Gasteiger partial charge in [0.1, 0.15) is 12.3 Å². The van der Waals surface area contributed by atoms with Crippen molar-refractivity contribution in [2.75, 3.05) is 0 Å². The van der Waals surface area contributed by atoms with Crippen LogP contribution in [0.1, 0.15) is 26.7 Å². The largest absolute Gasteiger partial charge is 0.513 e. The van der Waals surface area contributed by atoms with Crippen molar-refractivity contribution in [2.24, 2.45) is 0 Å². The lowest BCUT2D eigenvalue weighted by atomic mass is 10.3. The summed E-state index contributed by atoms with van der Waals surface area (Å²) in [6.07, 6.45) is -10.4. The molecule has 0 spiro atoms.